The summed E-state index contributed by atoms with van der Waals surface area (Å²) in [7, 11) is 0. The summed E-state index contributed by atoms with van der Waals surface area (Å²) in [6.07, 6.45) is 0.972. The van der Waals surface area contributed by atoms with Crippen molar-refractivity contribution in [2.45, 2.75) is 6.42 Å². The zero-order chi connectivity index (χ0) is 11.4. The first-order valence-electron chi connectivity index (χ1n) is 5.63. The van der Waals surface area contributed by atoms with Crippen LogP contribution in [0.25, 0.3) is 0 Å². The summed E-state index contributed by atoms with van der Waals surface area (Å²) in [5, 5.41) is 4.93. The molecule has 0 unspecified atom stereocenters. The SMILES string of the molecule is Clc1ccc(Cl)c(CCN2CCNCC2)c1. The molecule has 0 aliphatic carbocycles. The molecular weight excluding hydrogens is 243 g/mol. The molecule has 1 N–H and O–H groups in total. The highest BCUT2D eigenvalue weighted by atomic mass is 35.5. The maximum Gasteiger partial charge on any atom is 0.0439 e. The number of nitrogens with zero attached hydrogens (tertiary/aromatic N) is 1. The molecule has 1 heterocycles. The Labute approximate surface area is 107 Å². The second-order valence-corrected chi connectivity index (χ2v) is 4.92. The average molecular weight is 259 g/mol. The molecule has 4 heteroatoms. The van der Waals surface area contributed by atoms with Gasteiger partial charge in [-0.15, -0.1) is 0 Å². The highest BCUT2D eigenvalue weighted by Crippen LogP contribution is 2.21. The van der Waals surface area contributed by atoms with Crippen LogP contribution in [0.15, 0.2) is 18.2 Å². The fourth-order valence-corrected chi connectivity index (χ4v) is 2.35. The van der Waals surface area contributed by atoms with Gasteiger partial charge in [0, 0.05) is 42.8 Å². The van der Waals surface area contributed by atoms with Gasteiger partial charge in [0.1, 0.15) is 0 Å². The van der Waals surface area contributed by atoms with Crippen molar-refractivity contribution in [3.05, 3.63) is 33.8 Å². The molecule has 0 spiro atoms. The van der Waals surface area contributed by atoms with Crippen LogP contribution in [0.5, 0.6) is 0 Å². The lowest BCUT2D eigenvalue weighted by Crippen LogP contribution is -2.44. The molecule has 2 rings (SSSR count). The molecular formula is C12H16Cl2N2. The Morgan fingerprint density at radius 3 is 2.69 bits per heavy atom. The van der Waals surface area contributed by atoms with E-state index in [0.717, 1.165) is 54.8 Å². The van der Waals surface area contributed by atoms with Crippen molar-refractivity contribution in [2.24, 2.45) is 0 Å². The molecule has 1 aliphatic rings. The summed E-state index contributed by atoms with van der Waals surface area (Å²) in [6, 6.07) is 5.67. The third-order valence-electron chi connectivity index (χ3n) is 2.91. The number of hydrogen-bond donors (Lipinski definition) is 1. The van der Waals surface area contributed by atoms with E-state index in [1.54, 1.807) is 0 Å². The average Bonchev–Trinajstić information content (AvgIpc) is 2.32. The fraction of sp³-hybridized carbons (Fsp3) is 0.500. The van der Waals surface area contributed by atoms with Crippen molar-refractivity contribution in [3.8, 4) is 0 Å². The lowest BCUT2D eigenvalue weighted by atomic mass is 10.1. The zero-order valence-electron chi connectivity index (χ0n) is 9.18. The molecule has 16 heavy (non-hydrogen) atoms. The highest BCUT2D eigenvalue weighted by molar-refractivity contribution is 6.33. The van der Waals surface area contributed by atoms with Crippen LogP contribution in [0, 0.1) is 0 Å². The number of rotatable bonds is 3. The van der Waals surface area contributed by atoms with Crippen molar-refractivity contribution < 1.29 is 0 Å². The summed E-state index contributed by atoms with van der Waals surface area (Å²) in [4.78, 5) is 2.45. The van der Waals surface area contributed by atoms with Gasteiger partial charge in [-0.1, -0.05) is 23.2 Å². The summed E-state index contributed by atoms with van der Waals surface area (Å²) >= 11 is 12.1. The first kappa shape index (κ1) is 12.2. The molecule has 0 bridgehead atoms. The Morgan fingerprint density at radius 1 is 1.19 bits per heavy atom. The molecule has 0 aromatic heterocycles. The van der Waals surface area contributed by atoms with Crippen LogP contribution in [-0.4, -0.2) is 37.6 Å². The second kappa shape index (κ2) is 5.87. The van der Waals surface area contributed by atoms with E-state index in [-0.39, 0.29) is 0 Å². The molecule has 0 saturated carbocycles. The Balaban J connectivity index is 1.90. The van der Waals surface area contributed by atoms with Gasteiger partial charge in [0.25, 0.3) is 0 Å². The predicted octanol–water partition coefficient (Wildman–Crippen LogP) is 2.44. The van der Waals surface area contributed by atoms with Crippen LogP contribution < -0.4 is 5.32 Å². The molecule has 0 radical (unpaired) electrons. The van der Waals surface area contributed by atoms with Gasteiger partial charge < -0.3 is 10.2 Å². The molecule has 1 aliphatic heterocycles. The number of nitrogens with one attached hydrogen (secondary N) is 1. The first-order chi connectivity index (χ1) is 7.75. The second-order valence-electron chi connectivity index (χ2n) is 4.08. The lowest BCUT2D eigenvalue weighted by Gasteiger charge is -2.27. The maximum absolute atomic E-state index is 6.12. The van der Waals surface area contributed by atoms with E-state index in [2.05, 4.69) is 10.2 Å². The Kier molecular flexibility index (Phi) is 4.47. The molecule has 1 aromatic rings. The minimum absolute atomic E-state index is 0.764. The number of halogens is 2. The molecule has 88 valence electrons. The van der Waals surface area contributed by atoms with Crippen LogP contribution in [0.2, 0.25) is 10.0 Å². The summed E-state index contributed by atoms with van der Waals surface area (Å²) < 4.78 is 0. The van der Waals surface area contributed by atoms with E-state index in [9.17, 15) is 0 Å². The van der Waals surface area contributed by atoms with E-state index in [1.807, 2.05) is 18.2 Å². The van der Waals surface area contributed by atoms with Crippen LogP contribution in [0.3, 0.4) is 0 Å². The summed E-state index contributed by atoms with van der Waals surface area (Å²) in [5.41, 5.74) is 1.15. The Bertz CT molecular complexity index is 349. The molecule has 0 atom stereocenters. The van der Waals surface area contributed by atoms with Crippen molar-refractivity contribution in [1.82, 2.24) is 10.2 Å². The Hall–Kier alpha value is -0.280. The van der Waals surface area contributed by atoms with Gasteiger partial charge in [0.05, 0.1) is 0 Å². The lowest BCUT2D eigenvalue weighted by molar-refractivity contribution is 0.244. The van der Waals surface area contributed by atoms with Crippen molar-refractivity contribution >= 4 is 23.2 Å². The largest absolute Gasteiger partial charge is 0.314 e. The minimum Gasteiger partial charge on any atom is -0.314 e. The zero-order valence-corrected chi connectivity index (χ0v) is 10.7. The maximum atomic E-state index is 6.12. The van der Waals surface area contributed by atoms with Crippen molar-refractivity contribution in [3.63, 3.8) is 0 Å². The molecule has 1 fully saturated rings. The van der Waals surface area contributed by atoms with E-state index < -0.39 is 0 Å². The van der Waals surface area contributed by atoms with Crippen LogP contribution in [0.1, 0.15) is 5.56 Å². The van der Waals surface area contributed by atoms with Crippen molar-refractivity contribution in [2.75, 3.05) is 32.7 Å². The van der Waals surface area contributed by atoms with Gasteiger partial charge in [-0.25, -0.2) is 0 Å². The third kappa shape index (κ3) is 3.36. The monoisotopic (exact) mass is 258 g/mol. The van der Waals surface area contributed by atoms with Gasteiger partial charge >= 0.3 is 0 Å². The fourth-order valence-electron chi connectivity index (χ4n) is 1.95. The third-order valence-corrected chi connectivity index (χ3v) is 3.52. The summed E-state index contributed by atoms with van der Waals surface area (Å²) in [5.74, 6) is 0. The highest BCUT2D eigenvalue weighted by Gasteiger charge is 2.10. The number of piperazine rings is 1. The van der Waals surface area contributed by atoms with Crippen LogP contribution in [-0.2, 0) is 6.42 Å². The van der Waals surface area contributed by atoms with Gasteiger partial charge in [0.2, 0.25) is 0 Å². The number of hydrogen-bond acceptors (Lipinski definition) is 2. The van der Waals surface area contributed by atoms with Crippen LogP contribution >= 0.6 is 23.2 Å². The van der Waals surface area contributed by atoms with E-state index in [1.165, 1.54) is 0 Å². The minimum atomic E-state index is 0.764. The Morgan fingerprint density at radius 2 is 1.94 bits per heavy atom. The van der Waals surface area contributed by atoms with E-state index >= 15 is 0 Å². The topological polar surface area (TPSA) is 15.3 Å². The van der Waals surface area contributed by atoms with Gasteiger partial charge in [-0.3, -0.25) is 0 Å². The van der Waals surface area contributed by atoms with Crippen molar-refractivity contribution in [1.29, 1.82) is 0 Å². The number of benzene rings is 1. The quantitative estimate of drug-likeness (QED) is 0.896. The molecule has 1 aromatic carbocycles. The van der Waals surface area contributed by atoms with E-state index in [0.29, 0.717) is 0 Å². The van der Waals surface area contributed by atoms with Crippen LogP contribution in [0.4, 0.5) is 0 Å². The van der Waals surface area contributed by atoms with E-state index in [4.69, 9.17) is 23.2 Å². The standard InChI is InChI=1S/C12H16Cl2N2/c13-11-1-2-12(14)10(9-11)3-6-16-7-4-15-5-8-16/h1-2,9,15H,3-8H2. The van der Waals surface area contributed by atoms with Gasteiger partial charge in [-0.2, -0.15) is 0 Å². The van der Waals surface area contributed by atoms with Gasteiger partial charge in [0.15, 0.2) is 0 Å². The first-order valence-corrected chi connectivity index (χ1v) is 6.38. The molecule has 0 amide bonds. The molecule has 1 saturated heterocycles. The summed E-state index contributed by atoms with van der Waals surface area (Å²) in [6.45, 7) is 5.48. The molecule has 2 nitrogen and oxygen atoms in total. The predicted molar refractivity (Wildman–Crippen MR) is 69.5 cm³/mol. The van der Waals surface area contributed by atoms with Gasteiger partial charge in [-0.05, 0) is 30.2 Å². The normalized spacial score (nSPS) is 17.6. The smallest absolute Gasteiger partial charge is 0.0439 e.